The Morgan fingerprint density at radius 1 is 1.09 bits per heavy atom. The first-order chi connectivity index (χ1) is 10.4. The van der Waals surface area contributed by atoms with Crippen LogP contribution in [0.2, 0.25) is 0 Å². The van der Waals surface area contributed by atoms with Crippen LogP contribution >= 0.6 is 12.4 Å². The van der Waals surface area contributed by atoms with Crippen molar-refractivity contribution in [1.29, 1.82) is 0 Å². The highest BCUT2D eigenvalue weighted by molar-refractivity contribution is 5.94. The fourth-order valence-electron chi connectivity index (χ4n) is 1.85. The van der Waals surface area contributed by atoms with Crippen molar-refractivity contribution in [3.8, 4) is 5.75 Å². The van der Waals surface area contributed by atoms with Crippen molar-refractivity contribution < 1.29 is 9.53 Å². The molecule has 0 aromatic heterocycles. The van der Waals surface area contributed by atoms with Crippen molar-refractivity contribution in [2.24, 2.45) is 5.73 Å². The molecular formula is C18H23ClN2O2. The first kappa shape index (κ1) is 19.0. The lowest BCUT2D eigenvalue weighted by Crippen LogP contribution is -2.45. The minimum Gasteiger partial charge on any atom is -0.489 e. The molecule has 4 nitrogen and oxygen atoms in total. The molecule has 0 heterocycles. The van der Waals surface area contributed by atoms with E-state index in [4.69, 9.17) is 10.5 Å². The van der Waals surface area contributed by atoms with E-state index in [1.165, 1.54) is 0 Å². The standard InChI is InChI=1S/C18H22N2O2.ClH/c1-18(2,19)13-20-17(21)15-8-10-16(11-9-15)22-12-14-6-4-3-5-7-14;/h3-11H,12-13,19H2,1-2H3,(H,20,21);1H. The van der Waals surface area contributed by atoms with Crippen molar-refractivity contribution in [2.45, 2.75) is 26.0 Å². The number of halogens is 1. The van der Waals surface area contributed by atoms with Crippen molar-refractivity contribution in [3.63, 3.8) is 0 Å². The predicted molar refractivity (Wildman–Crippen MR) is 95.1 cm³/mol. The van der Waals surface area contributed by atoms with Crippen LogP contribution in [0.3, 0.4) is 0 Å². The number of hydrogen-bond acceptors (Lipinski definition) is 3. The largest absolute Gasteiger partial charge is 0.489 e. The van der Waals surface area contributed by atoms with E-state index in [9.17, 15) is 4.79 Å². The maximum absolute atomic E-state index is 12.0. The highest BCUT2D eigenvalue weighted by atomic mass is 35.5. The van der Waals surface area contributed by atoms with Crippen LogP contribution in [-0.2, 0) is 6.61 Å². The Hall–Kier alpha value is -2.04. The van der Waals surface area contributed by atoms with E-state index in [1.807, 2.05) is 44.2 Å². The summed E-state index contributed by atoms with van der Waals surface area (Å²) < 4.78 is 5.69. The van der Waals surface area contributed by atoms with Gasteiger partial charge >= 0.3 is 0 Å². The van der Waals surface area contributed by atoms with Gasteiger partial charge in [0.2, 0.25) is 0 Å². The van der Waals surface area contributed by atoms with Crippen LogP contribution in [0.1, 0.15) is 29.8 Å². The number of carbonyl (C=O) groups excluding carboxylic acids is 1. The van der Waals surface area contributed by atoms with Crippen LogP contribution in [0.15, 0.2) is 54.6 Å². The van der Waals surface area contributed by atoms with Gasteiger partial charge in [0.25, 0.3) is 5.91 Å². The molecule has 0 saturated carbocycles. The third-order valence-electron chi connectivity index (χ3n) is 3.07. The smallest absolute Gasteiger partial charge is 0.251 e. The summed E-state index contributed by atoms with van der Waals surface area (Å²) in [6.45, 7) is 4.67. The Bertz CT molecular complexity index is 607. The summed E-state index contributed by atoms with van der Waals surface area (Å²) >= 11 is 0. The number of nitrogens with one attached hydrogen (secondary N) is 1. The molecule has 5 heteroatoms. The number of carbonyl (C=O) groups is 1. The minimum atomic E-state index is -0.422. The molecule has 0 aliphatic rings. The van der Waals surface area contributed by atoms with Gasteiger partial charge in [0, 0.05) is 17.6 Å². The van der Waals surface area contributed by atoms with Crippen LogP contribution in [0.4, 0.5) is 0 Å². The lowest BCUT2D eigenvalue weighted by Gasteiger charge is -2.18. The van der Waals surface area contributed by atoms with Crippen LogP contribution in [0, 0.1) is 0 Å². The van der Waals surface area contributed by atoms with Crippen molar-refractivity contribution >= 4 is 18.3 Å². The van der Waals surface area contributed by atoms with E-state index in [2.05, 4.69) is 5.32 Å². The highest BCUT2D eigenvalue weighted by Gasteiger charge is 2.13. The lowest BCUT2D eigenvalue weighted by atomic mass is 10.1. The molecular weight excluding hydrogens is 312 g/mol. The molecule has 2 aromatic carbocycles. The molecule has 0 unspecified atom stereocenters. The maximum atomic E-state index is 12.0. The zero-order valence-corrected chi connectivity index (χ0v) is 14.2. The van der Waals surface area contributed by atoms with E-state index >= 15 is 0 Å². The Labute approximate surface area is 143 Å². The molecule has 0 fully saturated rings. The second-order valence-electron chi connectivity index (χ2n) is 5.97. The maximum Gasteiger partial charge on any atom is 0.251 e. The average Bonchev–Trinajstić information content (AvgIpc) is 2.51. The van der Waals surface area contributed by atoms with Crippen LogP contribution in [0.25, 0.3) is 0 Å². The zero-order valence-electron chi connectivity index (χ0n) is 13.4. The number of nitrogens with two attached hydrogens (primary N) is 1. The Morgan fingerprint density at radius 3 is 2.26 bits per heavy atom. The number of benzene rings is 2. The topological polar surface area (TPSA) is 64.3 Å². The van der Waals surface area contributed by atoms with E-state index in [-0.39, 0.29) is 18.3 Å². The van der Waals surface area contributed by atoms with Gasteiger partial charge in [-0.25, -0.2) is 0 Å². The van der Waals surface area contributed by atoms with E-state index in [0.717, 1.165) is 11.3 Å². The van der Waals surface area contributed by atoms with E-state index in [1.54, 1.807) is 24.3 Å². The van der Waals surface area contributed by atoms with Crippen molar-refractivity contribution in [1.82, 2.24) is 5.32 Å². The second-order valence-corrected chi connectivity index (χ2v) is 5.97. The van der Waals surface area contributed by atoms with Crippen LogP contribution < -0.4 is 15.8 Å². The Kier molecular flexibility index (Phi) is 7.07. The second kappa shape index (κ2) is 8.56. The average molecular weight is 335 g/mol. The molecule has 0 spiro atoms. The van der Waals surface area contributed by atoms with E-state index < -0.39 is 5.54 Å². The Balaban J connectivity index is 0.00000264. The monoisotopic (exact) mass is 334 g/mol. The summed E-state index contributed by atoms with van der Waals surface area (Å²) in [5, 5.41) is 2.81. The third-order valence-corrected chi connectivity index (χ3v) is 3.07. The lowest BCUT2D eigenvalue weighted by molar-refractivity contribution is 0.0946. The quantitative estimate of drug-likeness (QED) is 0.853. The third kappa shape index (κ3) is 6.72. The minimum absolute atomic E-state index is 0. The molecule has 0 saturated heterocycles. The molecule has 0 atom stereocenters. The summed E-state index contributed by atoms with van der Waals surface area (Å²) in [4.78, 5) is 12.0. The van der Waals surface area contributed by atoms with Gasteiger partial charge in [-0.2, -0.15) is 0 Å². The SMILES string of the molecule is CC(C)(N)CNC(=O)c1ccc(OCc2ccccc2)cc1.Cl. The zero-order chi connectivity index (χ0) is 16.0. The van der Waals surface area contributed by atoms with Crippen LogP contribution in [-0.4, -0.2) is 18.0 Å². The molecule has 0 aliphatic heterocycles. The van der Waals surface area contributed by atoms with Crippen LogP contribution in [0.5, 0.6) is 5.75 Å². The van der Waals surface area contributed by atoms with Gasteiger partial charge < -0.3 is 15.8 Å². The summed E-state index contributed by atoms with van der Waals surface area (Å²) in [5.74, 6) is 0.604. The molecule has 3 N–H and O–H groups in total. The molecule has 0 aliphatic carbocycles. The molecule has 2 aromatic rings. The summed E-state index contributed by atoms with van der Waals surface area (Å²) in [5.41, 5.74) is 7.12. The molecule has 0 bridgehead atoms. The number of ether oxygens (including phenoxy) is 1. The van der Waals surface area contributed by atoms with E-state index in [0.29, 0.717) is 18.7 Å². The molecule has 1 amide bonds. The summed E-state index contributed by atoms with van der Waals surface area (Å²) in [6, 6.07) is 17.0. The first-order valence-electron chi connectivity index (χ1n) is 7.28. The highest BCUT2D eigenvalue weighted by Crippen LogP contribution is 2.14. The fourth-order valence-corrected chi connectivity index (χ4v) is 1.85. The number of hydrogen-bond donors (Lipinski definition) is 2. The summed E-state index contributed by atoms with van der Waals surface area (Å²) in [7, 11) is 0. The number of amides is 1. The predicted octanol–water partition coefficient (Wildman–Crippen LogP) is 3.15. The molecule has 2 rings (SSSR count). The van der Waals surface area contributed by atoms with Gasteiger partial charge in [-0.15, -0.1) is 12.4 Å². The van der Waals surface area contributed by atoms with Gasteiger partial charge in [-0.3, -0.25) is 4.79 Å². The van der Waals surface area contributed by atoms with Gasteiger partial charge in [-0.05, 0) is 43.7 Å². The first-order valence-corrected chi connectivity index (χ1v) is 7.28. The van der Waals surface area contributed by atoms with Crippen molar-refractivity contribution in [3.05, 3.63) is 65.7 Å². The fraction of sp³-hybridized carbons (Fsp3) is 0.278. The van der Waals surface area contributed by atoms with Crippen molar-refractivity contribution in [2.75, 3.05) is 6.54 Å². The van der Waals surface area contributed by atoms with Gasteiger partial charge in [0.05, 0.1) is 0 Å². The Morgan fingerprint density at radius 2 is 1.70 bits per heavy atom. The van der Waals surface area contributed by atoms with Gasteiger partial charge in [0.15, 0.2) is 0 Å². The molecule has 124 valence electrons. The van der Waals surface area contributed by atoms with Gasteiger partial charge in [0.1, 0.15) is 12.4 Å². The summed E-state index contributed by atoms with van der Waals surface area (Å²) in [6.07, 6.45) is 0. The molecule has 23 heavy (non-hydrogen) atoms. The van der Waals surface area contributed by atoms with Gasteiger partial charge in [-0.1, -0.05) is 30.3 Å². The molecule has 0 radical (unpaired) electrons. The number of rotatable bonds is 6. The normalized spacial score (nSPS) is 10.6.